The molecule has 0 spiro atoms. The Kier molecular flexibility index (Phi) is 6.09. The summed E-state index contributed by atoms with van der Waals surface area (Å²) in [4.78, 5) is 12.0. The molecule has 1 aliphatic heterocycles. The van der Waals surface area contributed by atoms with E-state index >= 15 is 0 Å². The first-order valence-electron chi connectivity index (χ1n) is 8.72. The van der Waals surface area contributed by atoms with Crippen LogP contribution in [0.3, 0.4) is 0 Å². The van der Waals surface area contributed by atoms with Gasteiger partial charge in [-0.3, -0.25) is 0 Å². The van der Waals surface area contributed by atoms with Gasteiger partial charge in [0, 0.05) is 25.2 Å². The quantitative estimate of drug-likeness (QED) is 0.792. The number of nitrogens with one attached hydrogen (secondary N) is 2. The van der Waals surface area contributed by atoms with Crippen LogP contribution in [0.25, 0.3) is 0 Å². The van der Waals surface area contributed by atoms with E-state index in [0.29, 0.717) is 18.1 Å². The van der Waals surface area contributed by atoms with Gasteiger partial charge in [-0.05, 0) is 58.8 Å². The molecular weight excluding hydrogens is 280 g/mol. The van der Waals surface area contributed by atoms with Crippen molar-refractivity contribution >= 4 is 6.09 Å². The number of hydrogen-bond donors (Lipinski definition) is 2. The Morgan fingerprint density at radius 2 is 2.05 bits per heavy atom. The highest BCUT2D eigenvalue weighted by molar-refractivity contribution is 5.68. The third-order valence-corrected chi connectivity index (χ3v) is 4.34. The van der Waals surface area contributed by atoms with Crippen molar-refractivity contribution in [2.45, 2.75) is 83.6 Å². The molecule has 0 bridgehead atoms. The second-order valence-electron chi connectivity index (χ2n) is 7.62. The summed E-state index contributed by atoms with van der Waals surface area (Å²) in [7, 11) is 0. The van der Waals surface area contributed by atoms with Gasteiger partial charge in [-0.1, -0.05) is 6.92 Å². The minimum Gasteiger partial charge on any atom is -0.444 e. The molecule has 22 heavy (non-hydrogen) atoms. The summed E-state index contributed by atoms with van der Waals surface area (Å²) in [5.41, 5.74) is -0.444. The van der Waals surface area contributed by atoms with E-state index in [2.05, 4.69) is 17.6 Å². The molecule has 3 atom stereocenters. The number of rotatable bonds is 6. The van der Waals surface area contributed by atoms with Crippen molar-refractivity contribution < 1.29 is 14.3 Å². The first-order valence-corrected chi connectivity index (χ1v) is 8.72. The number of carbonyl (C=O) groups is 1. The minimum atomic E-state index is -0.444. The van der Waals surface area contributed by atoms with E-state index in [9.17, 15) is 4.79 Å². The maximum atomic E-state index is 12.0. The zero-order valence-corrected chi connectivity index (χ0v) is 14.5. The largest absolute Gasteiger partial charge is 0.444 e. The molecule has 0 aromatic carbocycles. The topological polar surface area (TPSA) is 59.6 Å². The lowest BCUT2D eigenvalue weighted by Crippen LogP contribution is -2.49. The van der Waals surface area contributed by atoms with Crippen LogP contribution in [0.4, 0.5) is 4.79 Å². The number of ether oxygens (including phenoxy) is 2. The summed E-state index contributed by atoms with van der Waals surface area (Å²) in [6.45, 7) is 9.51. The highest BCUT2D eigenvalue weighted by Gasteiger charge is 2.34. The van der Waals surface area contributed by atoms with Crippen LogP contribution in [-0.2, 0) is 9.47 Å². The number of carbonyl (C=O) groups excluding carboxylic acids is 1. The fourth-order valence-electron chi connectivity index (χ4n) is 2.94. The van der Waals surface area contributed by atoms with Gasteiger partial charge >= 0.3 is 6.09 Å². The molecule has 5 nitrogen and oxygen atoms in total. The predicted molar refractivity (Wildman–Crippen MR) is 86.9 cm³/mol. The second-order valence-corrected chi connectivity index (χ2v) is 7.62. The van der Waals surface area contributed by atoms with Crippen LogP contribution in [0.5, 0.6) is 0 Å². The van der Waals surface area contributed by atoms with Crippen molar-refractivity contribution in [3.63, 3.8) is 0 Å². The standard InChI is InChI=1S/C17H32N2O3/c1-5-14-10-13(8-9-21-14)18-11-15(12-6-7-12)19-16(20)22-17(2,3)4/h12-15,18H,5-11H2,1-4H3,(H,19,20). The Bertz CT molecular complexity index is 363. The van der Waals surface area contributed by atoms with Crippen molar-refractivity contribution in [1.82, 2.24) is 10.6 Å². The molecule has 1 aliphatic carbocycles. The molecule has 0 aromatic rings. The van der Waals surface area contributed by atoms with Gasteiger partial charge in [0.25, 0.3) is 0 Å². The fourth-order valence-corrected chi connectivity index (χ4v) is 2.94. The zero-order valence-electron chi connectivity index (χ0n) is 14.5. The Morgan fingerprint density at radius 3 is 2.64 bits per heavy atom. The highest BCUT2D eigenvalue weighted by atomic mass is 16.6. The van der Waals surface area contributed by atoms with E-state index in [1.165, 1.54) is 12.8 Å². The molecule has 1 saturated carbocycles. The lowest BCUT2D eigenvalue weighted by molar-refractivity contribution is -0.000635. The highest BCUT2D eigenvalue weighted by Crippen LogP contribution is 2.32. The van der Waals surface area contributed by atoms with E-state index in [4.69, 9.17) is 9.47 Å². The van der Waals surface area contributed by atoms with Crippen LogP contribution in [0, 0.1) is 5.92 Å². The SMILES string of the molecule is CCC1CC(NCC(NC(=O)OC(C)(C)C)C2CC2)CCO1. The van der Waals surface area contributed by atoms with Crippen molar-refractivity contribution in [2.75, 3.05) is 13.2 Å². The average Bonchev–Trinajstić information content (AvgIpc) is 3.26. The Morgan fingerprint density at radius 1 is 1.32 bits per heavy atom. The first-order chi connectivity index (χ1) is 10.4. The first kappa shape index (κ1) is 17.5. The van der Waals surface area contributed by atoms with Gasteiger partial charge in [-0.2, -0.15) is 0 Å². The van der Waals surface area contributed by atoms with Crippen molar-refractivity contribution in [3.05, 3.63) is 0 Å². The van der Waals surface area contributed by atoms with Crippen molar-refractivity contribution in [1.29, 1.82) is 0 Å². The van der Waals surface area contributed by atoms with Gasteiger partial charge in [0.15, 0.2) is 0 Å². The molecule has 1 amide bonds. The Balaban J connectivity index is 1.76. The lowest BCUT2D eigenvalue weighted by Gasteiger charge is -2.31. The predicted octanol–water partition coefficient (Wildman–Crippen LogP) is 2.84. The smallest absolute Gasteiger partial charge is 0.407 e. The van der Waals surface area contributed by atoms with Crippen LogP contribution in [0.1, 0.15) is 59.8 Å². The maximum Gasteiger partial charge on any atom is 0.407 e. The van der Waals surface area contributed by atoms with E-state index in [1.54, 1.807) is 0 Å². The maximum absolute atomic E-state index is 12.0. The van der Waals surface area contributed by atoms with Gasteiger partial charge in [0.05, 0.1) is 6.10 Å². The molecule has 0 radical (unpaired) electrons. The molecule has 3 unspecified atom stereocenters. The third kappa shape index (κ3) is 6.13. The third-order valence-electron chi connectivity index (χ3n) is 4.34. The molecule has 0 aromatic heterocycles. The molecule has 1 heterocycles. The molecule has 128 valence electrons. The molecule has 2 fully saturated rings. The van der Waals surface area contributed by atoms with E-state index in [0.717, 1.165) is 32.4 Å². The van der Waals surface area contributed by atoms with Crippen molar-refractivity contribution in [3.8, 4) is 0 Å². The normalized spacial score (nSPS) is 27.3. The van der Waals surface area contributed by atoms with Crippen LogP contribution in [-0.4, -0.2) is 43.0 Å². The van der Waals surface area contributed by atoms with Crippen LogP contribution < -0.4 is 10.6 Å². The Hall–Kier alpha value is -0.810. The summed E-state index contributed by atoms with van der Waals surface area (Å²) in [6, 6.07) is 0.679. The summed E-state index contributed by atoms with van der Waals surface area (Å²) >= 11 is 0. The number of alkyl carbamates (subject to hydrolysis) is 1. The van der Waals surface area contributed by atoms with Crippen LogP contribution in [0.15, 0.2) is 0 Å². The van der Waals surface area contributed by atoms with Gasteiger partial charge in [-0.25, -0.2) is 4.79 Å². The van der Waals surface area contributed by atoms with E-state index in [-0.39, 0.29) is 12.1 Å². The zero-order chi connectivity index (χ0) is 16.2. The summed E-state index contributed by atoms with van der Waals surface area (Å²) in [5, 5.41) is 6.67. The van der Waals surface area contributed by atoms with Gasteiger partial charge < -0.3 is 20.1 Å². The summed E-state index contributed by atoms with van der Waals surface area (Å²) < 4.78 is 11.1. The molecular formula is C17H32N2O3. The monoisotopic (exact) mass is 312 g/mol. The van der Waals surface area contributed by atoms with Gasteiger partial charge in [-0.15, -0.1) is 0 Å². The van der Waals surface area contributed by atoms with Crippen LogP contribution >= 0.6 is 0 Å². The van der Waals surface area contributed by atoms with Crippen LogP contribution in [0.2, 0.25) is 0 Å². The van der Waals surface area contributed by atoms with Crippen molar-refractivity contribution in [2.24, 2.45) is 5.92 Å². The fraction of sp³-hybridized carbons (Fsp3) is 0.941. The second kappa shape index (κ2) is 7.64. The molecule has 1 saturated heterocycles. The average molecular weight is 312 g/mol. The number of amides is 1. The number of hydrogen-bond acceptors (Lipinski definition) is 4. The Labute approximate surface area is 134 Å². The van der Waals surface area contributed by atoms with Gasteiger partial charge in [0.1, 0.15) is 5.60 Å². The molecule has 2 aliphatic rings. The van der Waals surface area contributed by atoms with Gasteiger partial charge in [0.2, 0.25) is 0 Å². The molecule has 2 N–H and O–H groups in total. The summed E-state index contributed by atoms with van der Waals surface area (Å²) in [6.07, 6.45) is 5.68. The van der Waals surface area contributed by atoms with E-state index < -0.39 is 5.60 Å². The van der Waals surface area contributed by atoms with E-state index in [1.807, 2.05) is 20.8 Å². The lowest BCUT2D eigenvalue weighted by atomic mass is 10.0. The minimum absolute atomic E-state index is 0.178. The molecule has 2 rings (SSSR count). The summed E-state index contributed by atoms with van der Waals surface area (Å²) in [5.74, 6) is 0.599. The molecule has 5 heteroatoms.